The van der Waals surface area contributed by atoms with Crippen LogP contribution in [-0.2, 0) is 11.3 Å². The van der Waals surface area contributed by atoms with Gasteiger partial charge >= 0.3 is 5.97 Å². The largest absolute Gasteiger partial charge is 0.481 e. The van der Waals surface area contributed by atoms with Crippen LogP contribution in [0.25, 0.3) is 0 Å². The fraction of sp³-hybridized carbons (Fsp3) is 0.692. The van der Waals surface area contributed by atoms with Crippen molar-refractivity contribution in [1.82, 2.24) is 14.7 Å². The maximum Gasteiger partial charge on any atom is 0.310 e. The van der Waals surface area contributed by atoms with Crippen LogP contribution in [-0.4, -0.2) is 38.8 Å². The summed E-state index contributed by atoms with van der Waals surface area (Å²) >= 11 is 0. The second-order valence-corrected chi connectivity index (χ2v) is 5.71. The van der Waals surface area contributed by atoms with Crippen LogP contribution in [0, 0.1) is 5.41 Å². The fourth-order valence-electron chi connectivity index (χ4n) is 2.34. The third-order valence-electron chi connectivity index (χ3n) is 3.65. The van der Waals surface area contributed by atoms with E-state index < -0.39 is 11.4 Å². The average Bonchev–Trinajstić information content (AvgIpc) is 2.87. The van der Waals surface area contributed by atoms with Crippen LogP contribution in [0.1, 0.15) is 38.9 Å². The van der Waals surface area contributed by atoms with Gasteiger partial charge in [0.2, 0.25) is 0 Å². The predicted molar refractivity (Wildman–Crippen MR) is 68.2 cm³/mol. The summed E-state index contributed by atoms with van der Waals surface area (Å²) in [6, 6.07) is 2.37. The Morgan fingerprint density at radius 3 is 2.83 bits per heavy atom. The molecule has 1 aromatic rings. The highest BCUT2D eigenvalue weighted by molar-refractivity contribution is 5.74. The van der Waals surface area contributed by atoms with Crippen molar-refractivity contribution in [2.24, 2.45) is 5.41 Å². The predicted octanol–water partition coefficient (Wildman–Crippen LogP) is 1.76. The van der Waals surface area contributed by atoms with Crippen LogP contribution >= 0.6 is 0 Å². The van der Waals surface area contributed by atoms with E-state index in [1.165, 1.54) is 0 Å². The highest BCUT2D eigenvalue weighted by Crippen LogP contribution is 2.30. The molecule has 1 aromatic heterocycles. The van der Waals surface area contributed by atoms with Crippen molar-refractivity contribution in [3.63, 3.8) is 0 Å². The number of nitrogens with zero attached hydrogens (tertiary/aromatic N) is 3. The molecule has 18 heavy (non-hydrogen) atoms. The SMILES string of the molecule is CC(C)n1ccc(CN2CCC(C)(C(=O)O)C2)n1. The summed E-state index contributed by atoms with van der Waals surface area (Å²) in [6.07, 6.45) is 2.69. The van der Waals surface area contributed by atoms with Crippen molar-refractivity contribution in [1.29, 1.82) is 0 Å². The summed E-state index contributed by atoms with van der Waals surface area (Å²) in [6.45, 7) is 8.18. The fourth-order valence-corrected chi connectivity index (χ4v) is 2.34. The molecular weight excluding hydrogens is 230 g/mol. The lowest BCUT2D eigenvalue weighted by molar-refractivity contribution is -0.147. The van der Waals surface area contributed by atoms with Crippen LogP contribution in [0.15, 0.2) is 12.3 Å². The minimum absolute atomic E-state index is 0.363. The molecule has 0 aliphatic carbocycles. The smallest absolute Gasteiger partial charge is 0.310 e. The molecule has 5 nitrogen and oxygen atoms in total. The molecule has 2 heterocycles. The molecule has 1 aliphatic rings. The molecule has 1 N–H and O–H groups in total. The first-order chi connectivity index (χ1) is 8.40. The molecule has 0 amide bonds. The molecule has 2 rings (SSSR count). The molecule has 5 heteroatoms. The first-order valence-corrected chi connectivity index (χ1v) is 6.40. The molecule has 0 saturated carbocycles. The van der Waals surface area contributed by atoms with Gasteiger partial charge in [-0.2, -0.15) is 5.10 Å². The Morgan fingerprint density at radius 1 is 1.61 bits per heavy atom. The topological polar surface area (TPSA) is 58.4 Å². The molecule has 100 valence electrons. The average molecular weight is 251 g/mol. The van der Waals surface area contributed by atoms with E-state index >= 15 is 0 Å². The van der Waals surface area contributed by atoms with E-state index in [1.54, 1.807) is 0 Å². The van der Waals surface area contributed by atoms with Gasteiger partial charge in [0.25, 0.3) is 0 Å². The maximum absolute atomic E-state index is 11.2. The van der Waals surface area contributed by atoms with Gasteiger partial charge in [-0.05, 0) is 39.8 Å². The number of hydrogen-bond acceptors (Lipinski definition) is 3. The van der Waals surface area contributed by atoms with E-state index in [-0.39, 0.29) is 0 Å². The number of aromatic nitrogens is 2. The zero-order valence-corrected chi connectivity index (χ0v) is 11.3. The quantitative estimate of drug-likeness (QED) is 0.886. The van der Waals surface area contributed by atoms with Crippen molar-refractivity contribution in [3.05, 3.63) is 18.0 Å². The van der Waals surface area contributed by atoms with Gasteiger partial charge in [0.15, 0.2) is 0 Å². The van der Waals surface area contributed by atoms with Gasteiger partial charge in [-0.1, -0.05) is 0 Å². The molecule has 0 aromatic carbocycles. The highest BCUT2D eigenvalue weighted by Gasteiger charge is 2.40. The van der Waals surface area contributed by atoms with Gasteiger partial charge in [0.05, 0.1) is 11.1 Å². The number of hydrogen-bond donors (Lipinski definition) is 1. The lowest BCUT2D eigenvalue weighted by atomic mass is 9.90. The summed E-state index contributed by atoms with van der Waals surface area (Å²) in [4.78, 5) is 13.3. The van der Waals surface area contributed by atoms with Gasteiger partial charge in [-0.25, -0.2) is 0 Å². The zero-order chi connectivity index (χ0) is 13.3. The van der Waals surface area contributed by atoms with Crippen molar-refractivity contribution < 1.29 is 9.90 Å². The molecule has 0 spiro atoms. The molecule has 1 saturated heterocycles. The Kier molecular flexibility index (Phi) is 3.43. The highest BCUT2D eigenvalue weighted by atomic mass is 16.4. The van der Waals surface area contributed by atoms with E-state index in [0.717, 1.165) is 18.8 Å². The lowest BCUT2D eigenvalue weighted by Crippen LogP contribution is -2.31. The number of likely N-dealkylation sites (tertiary alicyclic amines) is 1. The normalized spacial score (nSPS) is 24.9. The molecule has 0 bridgehead atoms. The van der Waals surface area contributed by atoms with Crippen molar-refractivity contribution in [2.75, 3.05) is 13.1 Å². The molecule has 1 aliphatic heterocycles. The Bertz CT molecular complexity index is 441. The summed E-state index contributed by atoms with van der Waals surface area (Å²) < 4.78 is 1.93. The number of rotatable bonds is 4. The van der Waals surface area contributed by atoms with E-state index in [2.05, 4.69) is 23.8 Å². The van der Waals surface area contributed by atoms with Gasteiger partial charge < -0.3 is 5.11 Å². The van der Waals surface area contributed by atoms with Crippen LogP contribution in [0.4, 0.5) is 0 Å². The number of carboxylic acids is 1. The van der Waals surface area contributed by atoms with Crippen LogP contribution in [0.2, 0.25) is 0 Å². The Hall–Kier alpha value is -1.36. The molecule has 1 atom stereocenters. The number of aliphatic carboxylic acids is 1. The summed E-state index contributed by atoms with van der Waals surface area (Å²) in [7, 11) is 0. The first kappa shape index (κ1) is 13.1. The molecule has 0 radical (unpaired) electrons. The third kappa shape index (κ3) is 2.56. The summed E-state index contributed by atoms with van der Waals surface area (Å²) in [5.41, 5.74) is 0.416. The first-order valence-electron chi connectivity index (χ1n) is 6.40. The van der Waals surface area contributed by atoms with Crippen molar-refractivity contribution in [3.8, 4) is 0 Å². The monoisotopic (exact) mass is 251 g/mol. The van der Waals surface area contributed by atoms with Gasteiger partial charge in [0.1, 0.15) is 0 Å². The number of carbonyl (C=O) groups is 1. The summed E-state index contributed by atoms with van der Waals surface area (Å²) in [5.74, 6) is -0.697. The maximum atomic E-state index is 11.2. The second kappa shape index (κ2) is 4.72. The Morgan fingerprint density at radius 2 is 2.33 bits per heavy atom. The number of carboxylic acid groups (broad SMARTS) is 1. The molecule has 1 fully saturated rings. The molecule has 1 unspecified atom stereocenters. The van der Waals surface area contributed by atoms with Gasteiger partial charge in [-0.3, -0.25) is 14.4 Å². The molecular formula is C13H21N3O2. The minimum atomic E-state index is -0.697. The Balaban J connectivity index is 1.97. The standard InChI is InChI=1S/C13H21N3O2/c1-10(2)16-6-4-11(14-16)8-15-7-5-13(3,9-15)12(17)18/h4,6,10H,5,7-9H2,1-3H3,(H,17,18). The van der Waals surface area contributed by atoms with Crippen LogP contribution < -0.4 is 0 Å². The van der Waals surface area contributed by atoms with E-state index in [9.17, 15) is 9.90 Å². The summed E-state index contributed by atoms with van der Waals surface area (Å²) in [5, 5.41) is 13.7. The Labute approximate surface area is 107 Å². The third-order valence-corrected chi connectivity index (χ3v) is 3.65. The second-order valence-electron chi connectivity index (χ2n) is 5.71. The van der Waals surface area contributed by atoms with Gasteiger partial charge in [-0.15, -0.1) is 0 Å². The minimum Gasteiger partial charge on any atom is -0.481 e. The van der Waals surface area contributed by atoms with Crippen molar-refractivity contribution >= 4 is 5.97 Å². The van der Waals surface area contributed by atoms with Gasteiger partial charge in [0, 0.05) is 25.3 Å². The van der Waals surface area contributed by atoms with E-state index in [4.69, 9.17) is 0 Å². The lowest BCUT2D eigenvalue weighted by Gasteiger charge is -2.19. The zero-order valence-electron chi connectivity index (χ0n) is 11.3. The van der Waals surface area contributed by atoms with E-state index in [0.29, 0.717) is 19.0 Å². The van der Waals surface area contributed by atoms with Crippen LogP contribution in [0.3, 0.4) is 0 Å². The van der Waals surface area contributed by atoms with E-state index in [1.807, 2.05) is 23.9 Å². The van der Waals surface area contributed by atoms with Crippen LogP contribution in [0.5, 0.6) is 0 Å². The van der Waals surface area contributed by atoms with Crippen molar-refractivity contribution in [2.45, 2.75) is 39.8 Å².